The summed E-state index contributed by atoms with van der Waals surface area (Å²) in [5.74, 6) is -0.0141. The molecule has 6 nitrogen and oxygen atoms in total. The number of primary amides is 1. The SMILES string of the molecule is CC(C)N(CCS(=O)(=O)CCC(N)=O)CC1CCCNC1. The molecule has 0 aromatic rings. The molecule has 124 valence electrons. The fourth-order valence-electron chi connectivity index (χ4n) is 2.59. The first-order chi connectivity index (χ1) is 9.80. The number of nitrogens with two attached hydrogens (primary N) is 1. The number of nitrogens with one attached hydrogen (secondary N) is 1. The molecule has 1 unspecified atom stereocenters. The van der Waals surface area contributed by atoms with Crippen LogP contribution in [0.5, 0.6) is 0 Å². The number of carbonyl (C=O) groups excluding carboxylic acids is 1. The van der Waals surface area contributed by atoms with Gasteiger partial charge in [-0.25, -0.2) is 8.42 Å². The van der Waals surface area contributed by atoms with Gasteiger partial charge >= 0.3 is 0 Å². The predicted octanol–water partition coefficient (Wildman–Crippen LogP) is -0.0134. The number of amides is 1. The average molecular weight is 319 g/mol. The lowest BCUT2D eigenvalue weighted by Gasteiger charge is -2.32. The Kier molecular flexibility index (Phi) is 7.62. The quantitative estimate of drug-likeness (QED) is 0.623. The molecule has 0 spiro atoms. The van der Waals surface area contributed by atoms with E-state index in [0.717, 1.165) is 19.6 Å². The van der Waals surface area contributed by atoms with Gasteiger partial charge in [0.25, 0.3) is 0 Å². The van der Waals surface area contributed by atoms with Crippen molar-refractivity contribution >= 4 is 15.7 Å². The third kappa shape index (κ3) is 7.78. The van der Waals surface area contributed by atoms with Gasteiger partial charge in [0.15, 0.2) is 9.84 Å². The summed E-state index contributed by atoms with van der Waals surface area (Å²) in [6.45, 7) is 7.72. The van der Waals surface area contributed by atoms with Gasteiger partial charge in [-0.3, -0.25) is 9.69 Å². The second-order valence-electron chi connectivity index (χ2n) is 6.17. The van der Waals surface area contributed by atoms with Gasteiger partial charge < -0.3 is 11.1 Å². The summed E-state index contributed by atoms with van der Waals surface area (Å²) in [5.41, 5.74) is 5.01. The summed E-state index contributed by atoms with van der Waals surface area (Å²) in [5, 5.41) is 3.39. The van der Waals surface area contributed by atoms with Crippen LogP contribution in [0.25, 0.3) is 0 Å². The van der Waals surface area contributed by atoms with Crippen LogP contribution in [0.3, 0.4) is 0 Å². The molecule has 1 aliphatic heterocycles. The minimum atomic E-state index is -3.20. The number of hydrogen-bond acceptors (Lipinski definition) is 5. The van der Waals surface area contributed by atoms with Crippen molar-refractivity contribution in [1.29, 1.82) is 0 Å². The Morgan fingerprint density at radius 1 is 1.38 bits per heavy atom. The van der Waals surface area contributed by atoms with Gasteiger partial charge in [0, 0.05) is 25.6 Å². The molecule has 1 heterocycles. The van der Waals surface area contributed by atoms with Crippen LogP contribution in [0.15, 0.2) is 0 Å². The maximum absolute atomic E-state index is 11.9. The molecule has 0 aliphatic carbocycles. The smallest absolute Gasteiger partial charge is 0.218 e. The van der Waals surface area contributed by atoms with E-state index in [1.807, 2.05) is 0 Å². The molecule has 0 saturated carbocycles. The first-order valence-corrected chi connectivity index (χ1v) is 9.56. The van der Waals surface area contributed by atoms with Crippen LogP contribution < -0.4 is 11.1 Å². The van der Waals surface area contributed by atoms with Gasteiger partial charge in [-0.05, 0) is 45.7 Å². The molecule has 0 bridgehead atoms. The highest BCUT2D eigenvalue weighted by molar-refractivity contribution is 7.91. The summed E-state index contributed by atoms with van der Waals surface area (Å²) in [7, 11) is -3.20. The molecule has 1 fully saturated rings. The van der Waals surface area contributed by atoms with E-state index in [1.54, 1.807) is 0 Å². The topological polar surface area (TPSA) is 92.5 Å². The summed E-state index contributed by atoms with van der Waals surface area (Å²) in [4.78, 5) is 12.9. The number of hydrogen-bond donors (Lipinski definition) is 2. The maximum atomic E-state index is 11.9. The Bertz CT molecular complexity index is 417. The molecule has 7 heteroatoms. The predicted molar refractivity (Wildman–Crippen MR) is 84.8 cm³/mol. The van der Waals surface area contributed by atoms with Crippen LogP contribution in [0.2, 0.25) is 0 Å². The number of sulfone groups is 1. The molecule has 1 aliphatic rings. The number of nitrogens with zero attached hydrogens (tertiary/aromatic N) is 1. The van der Waals surface area contributed by atoms with Crippen LogP contribution in [0, 0.1) is 5.92 Å². The molecule has 1 rings (SSSR count). The summed E-state index contributed by atoms with van der Waals surface area (Å²) in [6, 6.07) is 0.318. The highest BCUT2D eigenvalue weighted by atomic mass is 32.2. The fourth-order valence-corrected chi connectivity index (χ4v) is 3.82. The van der Waals surface area contributed by atoms with Gasteiger partial charge in [0.1, 0.15) is 0 Å². The van der Waals surface area contributed by atoms with Gasteiger partial charge in [-0.15, -0.1) is 0 Å². The van der Waals surface area contributed by atoms with E-state index in [4.69, 9.17) is 5.73 Å². The van der Waals surface area contributed by atoms with E-state index in [9.17, 15) is 13.2 Å². The molecule has 0 aromatic heterocycles. The van der Waals surface area contributed by atoms with Gasteiger partial charge in [0.05, 0.1) is 11.5 Å². The standard InChI is InChI=1S/C14H29N3O3S/c1-12(2)17(11-13-4-3-6-16-10-13)7-9-21(19,20)8-5-14(15)18/h12-13,16H,3-11H2,1-2H3,(H2,15,18). The number of carbonyl (C=O) groups is 1. The van der Waals surface area contributed by atoms with Crippen molar-refractivity contribution in [2.24, 2.45) is 11.7 Å². The van der Waals surface area contributed by atoms with E-state index in [2.05, 4.69) is 24.1 Å². The van der Waals surface area contributed by atoms with Gasteiger partial charge in [0.2, 0.25) is 5.91 Å². The summed E-state index contributed by atoms with van der Waals surface area (Å²) < 4.78 is 23.8. The lowest BCUT2D eigenvalue weighted by molar-refractivity contribution is -0.117. The molecule has 0 aromatic carbocycles. The average Bonchev–Trinajstić information content (AvgIpc) is 2.42. The largest absolute Gasteiger partial charge is 0.370 e. The van der Waals surface area contributed by atoms with Crippen molar-refractivity contribution in [3.8, 4) is 0 Å². The summed E-state index contributed by atoms with van der Waals surface area (Å²) in [6.07, 6.45) is 2.30. The second kappa shape index (κ2) is 8.70. The zero-order chi connectivity index (χ0) is 15.9. The fraction of sp³-hybridized carbons (Fsp3) is 0.929. The third-order valence-electron chi connectivity index (χ3n) is 3.97. The molecule has 21 heavy (non-hydrogen) atoms. The van der Waals surface area contributed by atoms with Crippen LogP contribution >= 0.6 is 0 Å². The van der Waals surface area contributed by atoms with E-state index < -0.39 is 15.7 Å². The van der Waals surface area contributed by atoms with Crippen LogP contribution in [-0.4, -0.2) is 63.0 Å². The highest BCUT2D eigenvalue weighted by Crippen LogP contribution is 2.13. The minimum absolute atomic E-state index is 0.0867. The van der Waals surface area contributed by atoms with Crippen LogP contribution in [0.1, 0.15) is 33.1 Å². The maximum Gasteiger partial charge on any atom is 0.218 e. The van der Waals surface area contributed by atoms with E-state index in [1.165, 1.54) is 12.8 Å². The monoisotopic (exact) mass is 319 g/mol. The van der Waals surface area contributed by atoms with Crippen molar-refractivity contribution in [2.45, 2.75) is 39.2 Å². The number of piperidine rings is 1. The van der Waals surface area contributed by atoms with Crippen molar-refractivity contribution in [3.63, 3.8) is 0 Å². The van der Waals surface area contributed by atoms with Crippen molar-refractivity contribution in [1.82, 2.24) is 10.2 Å². The molecular weight excluding hydrogens is 290 g/mol. The minimum Gasteiger partial charge on any atom is -0.370 e. The van der Waals surface area contributed by atoms with Gasteiger partial charge in [-0.1, -0.05) is 0 Å². The Labute approximate surface area is 128 Å². The molecule has 3 N–H and O–H groups in total. The van der Waals surface area contributed by atoms with E-state index in [0.29, 0.717) is 18.5 Å². The first-order valence-electron chi connectivity index (χ1n) is 7.73. The Morgan fingerprint density at radius 2 is 2.10 bits per heavy atom. The molecule has 1 saturated heterocycles. The van der Waals surface area contributed by atoms with E-state index in [-0.39, 0.29) is 17.9 Å². The number of rotatable bonds is 9. The molecular formula is C14H29N3O3S. The Hall–Kier alpha value is -0.660. The third-order valence-corrected chi connectivity index (χ3v) is 5.60. The zero-order valence-corrected chi connectivity index (χ0v) is 14.0. The first kappa shape index (κ1) is 18.4. The Balaban J connectivity index is 2.44. The molecule has 0 radical (unpaired) electrons. The molecule has 1 atom stereocenters. The summed E-state index contributed by atoms with van der Waals surface area (Å²) >= 11 is 0. The normalized spacial score (nSPS) is 20.1. The van der Waals surface area contributed by atoms with Gasteiger partial charge in [-0.2, -0.15) is 0 Å². The highest BCUT2D eigenvalue weighted by Gasteiger charge is 2.21. The van der Waals surface area contributed by atoms with E-state index >= 15 is 0 Å². The lowest BCUT2D eigenvalue weighted by atomic mass is 9.98. The lowest BCUT2D eigenvalue weighted by Crippen LogP contribution is -2.43. The Morgan fingerprint density at radius 3 is 2.62 bits per heavy atom. The second-order valence-corrected chi connectivity index (χ2v) is 8.47. The van der Waals surface area contributed by atoms with Crippen molar-refractivity contribution in [3.05, 3.63) is 0 Å². The van der Waals surface area contributed by atoms with Crippen molar-refractivity contribution < 1.29 is 13.2 Å². The molecule has 1 amide bonds. The zero-order valence-electron chi connectivity index (χ0n) is 13.2. The van der Waals surface area contributed by atoms with Crippen LogP contribution in [-0.2, 0) is 14.6 Å². The van der Waals surface area contributed by atoms with Crippen molar-refractivity contribution in [2.75, 3.05) is 37.7 Å². The van der Waals surface area contributed by atoms with Crippen LogP contribution in [0.4, 0.5) is 0 Å².